The second-order valence-corrected chi connectivity index (χ2v) is 5.25. The molecule has 0 amide bonds. The molecule has 1 heterocycles. The van der Waals surface area contributed by atoms with Crippen LogP contribution in [0.25, 0.3) is 0 Å². The maximum Gasteiger partial charge on any atom is 0.00169 e. The predicted molar refractivity (Wildman–Crippen MR) is 54.6 cm³/mol. The first-order valence-electron chi connectivity index (χ1n) is 5.73. The van der Waals surface area contributed by atoms with Gasteiger partial charge in [-0.25, -0.2) is 0 Å². The zero-order valence-corrected chi connectivity index (χ0v) is 8.31. The van der Waals surface area contributed by atoms with Crippen LogP contribution in [0.1, 0.15) is 38.5 Å². The summed E-state index contributed by atoms with van der Waals surface area (Å²) in [6, 6.07) is 0. The summed E-state index contributed by atoms with van der Waals surface area (Å²) in [5.41, 5.74) is 1.33. The Kier molecular flexibility index (Phi) is 1.61. The highest BCUT2D eigenvalue weighted by Crippen LogP contribution is 2.58. The third kappa shape index (κ3) is 0.914. The number of hydrogen-bond acceptors (Lipinski definition) is 1. The molecule has 2 fully saturated rings. The Morgan fingerprint density at radius 2 is 1.38 bits per heavy atom. The zero-order valence-electron chi connectivity index (χ0n) is 8.31. The Balaban J connectivity index is 2.02. The summed E-state index contributed by atoms with van der Waals surface area (Å²) in [4.78, 5) is 0. The summed E-state index contributed by atoms with van der Waals surface area (Å²) in [5.74, 6) is 0. The summed E-state index contributed by atoms with van der Waals surface area (Å²) in [7, 11) is 0. The van der Waals surface area contributed by atoms with E-state index in [9.17, 15) is 0 Å². The molecule has 0 radical (unpaired) electrons. The Hall–Kier alpha value is -0.300. The highest BCUT2D eigenvalue weighted by molar-refractivity contribution is 5.15. The van der Waals surface area contributed by atoms with Gasteiger partial charge >= 0.3 is 0 Å². The average Bonchev–Trinajstić information content (AvgIpc) is 2.56. The second-order valence-electron chi connectivity index (χ2n) is 5.25. The Labute approximate surface area is 80.6 Å². The molecule has 0 bridgehead atoms. The minimum atomic E-state index is 0.667. The minimum absolute atomic E-state index is 0.667. The molecule has 1 saturated heterocycles. The fraction of sp³-hybridized carbons (Fsp3) is 0.833. The van der Waals surface area contributed by atoms with Crippen LogP contribution < -0.4 is 5.32 Å². The summed E-state index contributed by atoms with van der Waals surface area (Å²) in [6.07, 6.45) is 13.4. The summed E-state index contributed by atoms with van der Waals surface area (Å²) < 4.78 is 0. The lowest BCUT2D eigenvalue weighted by Gasteiger charge is -2.50. The maximum atomic E-state index is 3.65. The Bertz CT molecular complexity index is 222. The third-order valence-electron chi connectivity index (χ3n) is 4.80. The van der Waals surface area contributed by atoms with Crippen molar-refractivity contribution in [1.82, 2.24) is 5.32 Å². The molecule has 1 aliphatic heterocycles. The van der Waals surface area contributed by atoms with Gasteiger partial charge in [-0.2, -0.15) is 0 Å². The maximum absolute atomic E-state index is 3.65. The van der Waals surface area contributed by atoms with Crippen molar-refractivity contribution in [1.29, 1.82) is 0 Å². The SMILES string of the molecule is C1=CC[C@@]23CCCC[C@@]2(C1)CNC3. The summed E-state index contributed by atoms with van der Waals surface area (Å²) >= 11 is 0. The van der Waals surface area contributed by atoms with Crippen LogP contribution in [0.2, 0.25) is 0 Å². The van der Waals surface area contributed by atoms with Gasteiger partial charge in [0.2, 0.25) is 0 Å². The molecule has 2 aliphatic carbocycles. The first-order chi connectivity index (χ1) is 6.37. The molecule has 1 saturated carbocycles. The van der Waals surface area contributed by atoms with Crippen LogP contribution in [-0.4, -0.2) is 13.1 Å². The molecule has 13 heavy (non-hydrogen) atoms. The van der Waals surface area contributed by atoms with Crippen LogP contribution >= 0.6 is 0 Å². The van der Waals surface area contributed by atoms with E-state index in [-0.39, 0.29) is 0 Å². The molecule has 3 aliphatic rings. The van der Waals surface area contributed by atoms with Gasteiger partial charge in [-0.15, -0.1) is 0 Å². The highest BCUT2D eigenvalue weighted by atomic mass is 15.0. The molecule has 1 nitrogen and oxygen atoms in total. The van der Waals surface area contributed by atoms with Crippen molar-refractivity contribution in [2.75, 3.05) is 13.1 Å². The van der Waals surface area contributed by atoms with Crippen LogP contribution in [0, 0.1) is 10.8 Å². The van der Waals surface area contributed by atoms with Gasteiger partial charge in [0.25, 0.3) is 0 Å². The molecule has 3 rings (SSSR count). The van der Waals surface area contributed by atoms with E-state index < -0.39 is 0 Å². The largest absolute Gasteiger partial charge is 0.316 e. The topological polar surface area (TPSA) is 12.0 Å². The molecule has 0 aromatic heterocycles. The second kappa shape index (κ2) is 2.60. The molecule has 1 N–H and O–H groups in total. The molecule has 2 atom stereocenters. The lowest BCUT2D eigenvalue weighted by Crippen LogP contribution is -2.44. The standard InChI is InChI=1S/C12H19N/c1-2-6-12-8-4-3-7-11(12,5-1)9-13-10-12/h1-2,13H,3-10H2/t11-,12-/m0/s1. The summed E-state index contributed by atoms with van der Waals surface area (Å²) in [6.45, 7) is 2.58. The van der Waals surface area contributed by atoms with Gasteiger partial charge in [0.1, 0.15) is 0 Å². The minimum Gasteiger partial charge on any atom is -0.316 e. The summed E-state index contributed by atoms with van der Waals surface area (Å²) in [5, 5.41) is 3.65. The van der Waals surface area contributed by atoms with E-state index in [1.165, 1.54) is 51.6 Å². The van der Waals surface area contributed by atoms with E-state index in [0.29, 0.717) is 10.8 Å². The van der Waals surface area contributed by atoms with Crippen molar-refractivity contribution >= 4 is 0 Å². The highest BCUT2D eigenvalue weighted by Gasteiger charge is 2.55. The quantitative estimate of drug-likeness (QED) is 0.560. The van der Waals surface area contributed by atoms with E-state index in [4.69, 9.17) is 0 Å². The Morgan fingerprint density at radius 1 is 0.846 bits per heavy atom. The fourth-order valence-corrected chi connectivity index (χ4v) is 3.95. The third-order valence-corrected chi connectivity index (χ3v) is 4.80. The van der Waals surface area contributed by atoms with Gasteiger partial charge in [0, 0.05) is 13.1 Å². The van der Waals surface area contributed by atoms with E-state index in [1.54, 1.807) is 0 Å². The van der Waals surface area contributed by atoms with Gasteiger partial charge in [-0.1, -0.05) is 25.0 Å². The van der Waals surface area contributed by atoms with Crippen molar-refractivity contribution in [3.05, 3.63) is 12.2 Å². The molecule has 0 aromatic carbocycles. The van der Waals surface area contributed by atoms with Crippen molar-refractivity contribution < 1.29 is 0 Å². The molecule has 0 unspecified atom stereocenters. The van der Waals surface area contributed by atoms with Crippen molar-refractivity contribution in [3.8, 4) is 0 Å². The number of allylic oxidation sites excluding steroid dienone is 2. The van der Waals surface area contributed by atoms with Crippen LogP contribution in [0.4, 0.5) is 0 Å². The van der Waals surface area contributed by atoms with Gasteiger partial charge in [0.15, 0.2) is 0 Å². The van der Waals surface area contributed by atoms with Crippen molar-refractivity contribution in [3.63, 3.8) is 0 Å². The van der Waals surface area contributed by atoms with E-state index >= 15 is 0 Å². The van der Waals surface area contributed by atoms with Crippen molar-refractivity contribution in [2.24, 2.45) is 10.8 Å². The first-order valence-corrected chi connectivity index (χ1v) is 5.73. The fourth-order valence-electron chi connectivity index (χ4n) is 3.95. The van der Waals surface area contributed by atoms with Crippen LogP contribution in [-0.2, 0) is 0 Å². The first kappa shape index (κ1) is 8.05. The number of hydrogen-bond donors (Lipinski definition) is 1. The lowest BCUT2D eigenvalue weighted by molar-refractivity contribution is 0.0342. The van der Waals surface area contributed by atoms with E-state index in [0.717, 1.165) is 0 Å². The Morgan fingerprint density at radius 3 is 1.92 bits per heavy atom. The normalized spacial score (nSPS) is 48.6. The zero-order chi connectivity index (χ0) is 8.78. The van der Waals surface area contributed by atoms with Gasteiger partial charge < -0.3 is 5.32 Å². The molecule has 0 aromatic rings. The predicted octanol–water partition coefficient (Wildman–Crippen LogP) is 2.49. The van der Waals surface area contributed by atoms with E-state index in [2.05, 4.69) is 17.5 Å². The molecular formula is C12H19N. The van der Waals surface area contributed by atoms with Crippen LogP contribution in [0.3, 0.4) is 0 Å². The van der Waals surface area contributed by atoms with E-state index in [1.807, 2.05) is 0 Å². The van der Waals surface area contributed by atoms with Gasteiger partial charge in [0.05, 0.1) is 0 Å². The number of nitrogens with one attached hydrogen (secondary N) is 1. The smallest absolute Gasteiger partial charge is 0.00169 e. The van der Waals surface area contributed by atoms with Crippen LogP contribution in [0.5, 0.6) is 0 Å². The molecule has 0 spiro atoms. The van der Waals surface area contributed by atoms with Gasteiger partial charge in [-0.3, -0.25) is 0 Å². The van der Waals surface area contributed by atoms with Crippen LogP contribution in [0.15, 0.2) is 12.2 Å². The average molecular weight is 177 g/mol. The molecule has 72 valence electrons. The monoisotopic (exact) mass is 177 g/mol. The molecule has 1 heteroatoms. The lowest BCUT2D eigenvalue weighted by atomic mass is 9.53. The van der Waals surface area contributed by atoms with Crippen molar-refractivity contribution in [2.45, 2.75) is 38.5 Å². The van der Waals surface area contributed by atoms with Gasteiger partial charge in [-0.05, 0) is 36.5 Å². The number of rotatable bonds is 0. The molecular weight excluding hydrogens is 158 g/mol.